The molecule has 9 nitrogen and oxygen atoms in total. The molecule has 118 valence electrons. The Labute approximate surface area is 121 Å². The zero-order valence-corrected chi connectivity index (χ0v) is 12.5. The molecule has 1 aromatic carbocycles. The van der Waals surface area contributed by atoms with Crippen molar-refractivity contribution in [1.29, 1.82) is 0 Å². The highest BCUT2D eigenvalue weighted by Crippen LogP contribution is 2.15. The van der Waals surface area contributed by atoms with Crippen molar-refractivity contribution in [3.63, 3.8) is 0 Å². The highest BCUT2D eigenvalue weighted by Gasteiger charge is 2.26. The van der Waals surface area contributed by atoms with Crippen LogP contribution in [0.15, 0.2) is 34.1 Å². The van der Waals surface area contributed by atoms with Crippen molar-refractivity contribution < 1.29 is 31.5 Å². The largest absolute Gasteiger partial charge is 0.480 e. The van der Waals surface area contributed by atoms with Crippen molar-refractivity contribution in [3.8, 4) is 0 Å². The lowest BCUT2D eigenvalue weighted by molar-refractivity contribution is -0.140. The highest BCUT2D eigenvalue weighted by molar-refractivity contribution is 7.90. The average molecular weight is 338 g/mol. The van der Waals surface area contributed by atoms with Crippen LogP contribution in [-0.2, 0) is 29.6 Å². The zero-order chi connectivity index (χ0) is 16.3. The Morgan fingerprint density at radius 2 is 1.90 bits per heavy atom. The summed E-state index contributed by atoms with van der Waals surface area (Å²) in [6.07, 6.45) is 0. The number of ether oxygens (including phenoxy) is 1. The fraction of sp³-hybridized carbons (Fsp3) is 0.300. The molecular formula is C10H14N2O7S2. The Bertz CT molecular complexity index is 728. The number of primary sulfonamides is 1. The van der Waals surface area contributed by atoms with Gasteiger partial charge in [0.25, 0.3) is 0 Å². The van der Waals surface area contributed by atoms with Gasteiger partial charge in [0.2, 0.25) is 20.0 Å². The van der Waals surface area contributed by atoms with Gasteiger partial charge in [0.05, 0.1) is 16.4 Å². The molecule has 1 aromatic rings. The zero-order valence-electron chi connectivity index (χ0n) is 10.9. The van der Waals surface area contributed by atoms with Gasteiger partial charge in [-0.1, -0.05) is 6.07 Å². The van der Waals surface area contributed by atoms with Crippen LogP contribution in [0.5, 0.6) is 0 Å². The van der Waals surface area contributed by atoms with Crippen LogP contribution in [0.1, 0.15) is 0 Å². The summed E-state index contributed by atoms with van der Waals surface area (Å²) in [5.74, 6) is -1.43. The molecule has 4 N–H and O–H groups in total. The van der Waals surface area contributed by atoms with E-state index in [0.717, 1.165) is 18.2 Å². The van der Waals surface area contributed by atoms with Crippen LogP contribution in [0.2, 0.25) is 0 Å². The van der Waals surface area contributed by atoms with Gasteiger partial charge < -0.3 is 9.84 Å². The summed E-state index contributed by atoms with van der Waals surface area (Å²) in [5, 5.41) is 13.8. The quantitative estimate of drug-likeness (QED) is 0.559. The normalized spacial score (nSPS) is 13.8. The molecule has 11 heteroatoms. The van der Waals surface area contributed by atoms with E-state index < -0.39 is 41.8 Å². The van der Waals surface area contributed by atoms with Crippen molar-refractivity contribution >= 4 is 26.0 Å². The van der Waals surface area contributed by atoms with Gasteiger partial charge in [-0.3, -0.25) is 4.79 Å². The molecule has 0 saturated heterocycles. The maximum absolute atomic E-state index is 12.0. The van der Waals surface area contributed by atoms with Crippen molar-refractivity contribution in [2.45, 2.75) is 15.8 Å². The van der Waals surface area contributed by atoms with Crippen LogP contribution in [0.25, 0.3) is 0 Å². The first-order chi connectivity index (χ1) is 9.58. The third-order valence-electron chi connectivity index (χ3n) is 2.37. The van der Waals surface area contributed by atoms with E-state index in [0.29, 0.717) is 0 Å². The number of sulfonamides is 2. The molecule has 0 fully saturated rings. The first kappa shape index (κ1) is 17.5. The lowest BCUT2D eigenvalue weighted by atomic mass is 10.3. The Kier molecular flexibility index (Phi) is 5.42. The number of hydrogen-bond donors (Lipinski definition) is 3. The van der Waals surface area contributed by atoms with Crippen LogP contribution >= 0.6 is 0 Å². The van der Waals surface area contributed by atoms with Crippen LogP contribution in [0.4, 0.5) is 0 Å². The standard InChI is InChI=1S/C10H14N2O7S2/c1-19-6-9(10(13)14)12-21(17,18)8-4-2-3-7(5-8)20(11,15)16/h2-5,9,12H,6H2,1H3,(H,13,14)(H2,11,15,16). The molecule has 0 bridgehead atoms. The summed E-state index contributed by atoms with van der Waals surface area (Å²) in [4.78, 5) is 10.1. The van der Waals surface area contributed by atoms with Crippen LogP contribution in [0, 0.1) is 0 Å². The molecule has 1 atom stereocenters. The van der Waals surface area contributed by atoms with E-state index in [1.807, 2.05) is 4.72 Å². The van der Waals surface area contributed by atoms with Crippen molar-refractivity contribution in [3.05, 3.63) is 24.3 Å². The van der Waals surface area contributed by atoms with E-state index in [2.05, 4.69) is 4.74 Å². The van der Waals surface area contributed by atoms with Crippen LogP contribution < -0.4 is 9.86 Å². The predicted octanol–water partition coefficient (Wildman–Crippen LogP) is -1.29. The molecule has 1 unspecified atom stereocenters. The van der Waals surface area contributed by atoms with Crippen molar-refractivity contribution in [2.24, 2.45) is 5.14 Å². The van der Waals surface area contributed by atoms with Crippen molar-refractivity contribution in [1.82, 2.24) is 4.72 Å². The monoisotopic (exact) mass is 338 g/mol. The Balaban J connectivity index is 3.16. The Morgan fingerprint density at radius 1 is 1.33 bits per heavy atom. The van der Waals surface area contributed by atoms with Crippen LogP contribution in [0.3, 0.4) is 0 Å². The summed E-state index contributed by atoms with van der Waals surface area (Å²) in [7, 11) is -7.10. The minimum absolute atomic E-state index is 0.385. The molecule has 1 rings (SSSR count). The van der Waals surface area contributed by atoms with E-state index in [1.165, 1.54) is 13.2 Å². The van der Waals surface area contributed by atoms with E-state index in [1.54, 1.807) is 0 Å². The van der Waals surface area contributed by atoms with E-state index in [9.17, 15) is 21.6 Å². The number of rotatable bonds is 7. The molecule has 0 aromatic heterocycles. The van der Waals surface area contributed by atoms with Gasteiger partial charge in [-0.15, -0.1) is 0 Å². The maximum Gasteiger partial charge on any atom is 0.324 e. The molecule has 0 heterocycles. The number of methoxy groups -OCH3 is 1. The highest BCUT2D eigenvalue weighted by atomic mass is 32.2. The van der Waals surface area contributed by atoms with Crippen LogP contribution in [-0.4, -0.2) is 47.7 Å². The SMILES string of the molecule is COCC(NS(=O)(=O)c1cccc(S(N)(=O)=O)c1)C(=O)O. The fourth-order valence-electron chi connectivity index (χ4n) is 1.40. The molecule has 0 aliphatic rings. The van der Waals surface area contributed by atoms with E-state index >= 15 is 0 Å². The first-order valence-electron chi connectivity index (χ1n) is 5.45. The lowest BCUT2D eigenvalue weighted by Gasteiger charge is -2.14. The molecule has 0 spiro atoms. The topological polar surface area (TPSA) is 153 Å². The molecule has 0 amide bonds. The molecule has 21 heavy (non-hydrogen) atoms. The Hall–Kier alpha value is -1.53. The number of nitrogens with two attached hydrogens (primary N) is 1. The fourth-order valence-corrected chi connectivity index (χ4v) is 3.25. The molecule has 0 aliphatic carbocycles. The van der Waals surface area contributed by atoms with E-state index in [4.69, 9.17) is 10.2 Å². The molecular weight excluding hydrogens is 324 g/mol. The van der Waals surface area contributed by atoms with Gasteiger partial charge in [0.1, 0.15) is 6.04 Å². The van der Waals surface area contributed by atoms with Crippen molar-refractivity contribution in [2.75, 3.05) is 13.7 Å². The number of benzene rings is 1. The lowest BCUT2D eigenvalue weighted by Crippen LogP contribution is -2.43. The number of hydrogen-bond acceptors (Lipinski definition) is 6. The minimum atomic E-state index is -4.24. The number of carbonyl (C=O) groups is 1. The maximum atomic E-state index is 12.0. The molecule has 0 saturated carbocycles. The number of carboxylic acids is 1. The summed E-state index contributed by atoms with van der Waals surface area (Å²) >= 11 is 0. The van der Waals surface area contributed by atoms with E-state index in [-0.39, 0.29) is 6.61 Å². The summed E-state index contributed by atoms with van der Waals surface area (Å²) in [6.45, 7) is -0.385. The van der Waals surface area contributed by atoms with Gasteiger partial charge in [0, 0.05) is 7.11 Å². The molecule has 0 aliphatic heterocycles. The van der Waals surface area contributed by atoms with Gasteiger partial charge >= 0.3 is 5.97 Å². The second kappa shape index (κ2) is 6.49. The van der Waals surface area contributed by atoms with Gasteiger partial charge in [-0.05, 0) is 18.2 Å². The average Bonchev–Trinajstić information content (AvgIpc) is 2.37. The first-order valence-corrected chi connectivity index (χ1v) is 8.48. The summed E-state index contributed by atoms with van der Waals surface area (Å²) in [6, 6.07) is 2.75. The number of nitrogens with one attached hydrogen (secondary N) is 1. The second-order valence-electron chi connectivity index (χ2n) is 3.99. The number of aliphatic carboxylic acids is 1. The molecule has 0 radical (unpaired) electrons. The number of carboxylic acid groups (broad SMARTS) is 1. The predicted molar refractivity (Wildman–Crippen MR) is 71.4 cm³/mol. The smallest absolute Gasteiger partial charge is 0.324 e. The third-order valence-corrected chi connectivity index (χ3v) is 4.75. The second-order valence-corrected chi connectivity index (χ2v) is 7.26. The minimum Gasteiger partial charge on any atom is -0.480 e. The summed E-state index contributed by atoms with van der Waals surface area (Å²) in [5.41, 5.74) is 0. The third kappa shape index (κ3) is 4.75. The Morgan fingerprint density at radius 3 is 2.38 bits per heavy atom. The van der Waals surface area contributed by atoms with Gasteiger partial charge in [-0.2, -0.15) is 4.72 Å². The summed E-state index contributed by atoms with van der Waals surface area (Å²) < 4.78 is 53.0. The van der Waals surface area contributed by atoms with Gasteiger partial charge in [0.15, 0.2) is 0 Å². The van der Waals surface area contributed by atoms with Gasteiger partial charge in [-0.25, -0.2) is 22.0 Å².